The molecule has 2 aromatic heterocycles. The standard InChI is InChI=1S/C30H32N4O4S/c1-4-11-22(18-28(35)32-39(37,38)23-13-6-5-7-14-23)34-27-17-9-8-16-26(27)33(30(34)36)21(3)24-19-31-25-15-10-12-20(2)29(24)25/h5-10,12-17,19,21-22,31H,4,11,18H2,1-3H3,(H,32,35)/t21-,22?/m0/s1. The van der Waals surface area contributed by atoms with Crippen molar-refractivity contribution >= 4 is 37.9 Å². The molecule has 0 radical (unpaired) electrons. The van der Waals surface area contributed by atoms with Crippen LogP contribution in [-0.2, 0) is 14.8 Å². The number of amides is 1. The molecule has 1 amide bonds. The lowest BCUT2D eigenvalue weighted by molar-refractivity contribution is -0.120. The number of carbonyl (C=O) groups is 1. The van der Waals surface area contributed by atoms with E-state index in [2.05, 4.69) is 22.7 Å². The molecule has 2 atom stereocenters. The van der Waals surface area contributed by atoms with Crippen molar-refractivity contribution in [1.29, 1.82) is 0 Å². The Morgan fingerprint density at radius 2 is 1.62 bits per heavy atom. The number of hydrogen-bond acceptors (Lipinski definition) is 4. The first-order valence-electron chi connectivity index (χ1n) is 13.1. The predicted octanol–water partition coefficient (Wildman–Crippen LogP) is 5.44. The third-order valence-electron chi connectivity index (χ3n) is 7.30. The van der Waals surface area contributed by atoms with Crippen LogP contribution < -0.4 is 10.4 Å². The molecule has 0 saturated carbocycles. The Balaban J connectivity index is 1.55. The molecule has 0 fully saturated rings. The summed E-state index contributed by atoms with van der Waals surface area (Å²) in [6, 6.07) is 20.6. The van der Waals surface area contributed by atoms with Crippen LogP contribution in [0.1, 0.15) is 56.3 Å². The fourth-order valence-electron chi connectivity index (χ4n) is 5.51. The van der Waals surface area contributed by atoms with Gasteiger partial charge in [-0.25, -0.2) is 17.9 Å². The summed E-state index contributed by atoms with van der Waals surface area (Å²) in [6.07, 6.45) is 3.06. The second-order valence-corrected chi connectivity index (χ2v) is 11.6. The van der Waals surface area contributed by atoms with Gasteiger partial charge in [0.05, 0.1) is 22.0 Å². The van der Waals surface area contributed by atoms with Gasteiger partial charge < -0.3 is 4.98 Å². The molecule has 2 N–H and O–H groups in total. The topological polar surface area (TPSA) is 106 Å². The van der Waals surface area contributed by atoms with E-state index >= 15 is 0 Å². The Morgan fingerprint density at radius 1 is 0.949 bits per heavy atom. The van der Waals surface area contributed by atoms with Crippen molar-refractivity contribution in [2.45, 2.75) is 57.0 Å². The number of hydrogen-bond donors (Lipinski definition) is 2. The first-order valence-corrected chi connectivity index (χ1v) is 14.6. The van der Waals surface area contributed by atoms with Gasteiger partial charge in [-0.15, -0.1) is 0 Å². The summed E-state index contributed by atoms with van der Waals surface area (Å²) in [5, 5.41) is 1.09. The molecule has 9 heteroatoms. The van der Waals surface area contributed by atoms with Crippen LogP contribution in [-0.4, -0.2) is 28.4 Å². The summed E-state index contributed by atoms with van der Waals surface area (Å²) in [6.45, 7) is 6.03. The Bertz CT molecular complexity index is 1820. The number of imidazole rings is 1. The van der Waals surface area contributed by atoms with Gasteiger partial charge in [-0.3, -0.25) is 13.9 Å². The number of rotatable bonds is 9. The Morgan fingerprint density at radius 3 is 2.31 bits per heavy atom. The fourth-order valence-corrected chi connectivity index (χ4v) is 6.52. The smallest absolute Gasteiger partial charge is 0.329 e. The van der Waals surface area contributed by atoms with Crippen LogP contribution in [0.15, 0.2) is 88.7 Å². The zero-order valence-electron chi connectivity index (χ0n) is 22.2. The number of sulfonamides is 1. The molecular formula is C30H32N4O4S. The van der Waals surface area contributed by atoms with Gasteiger partial charge in [0.2, 0.25) is 5.91 Å². The van der Waals surface area contributed by atoms with Gasteiger partial charge in [-0.2, -0.15) is 0 Å². The van der Waals surface area contributed by atoms with Gasteiger partial charge in [-0.05, 0) is 56.2 Å². The Hall–Kier alpha value is -4.11. The molecule has 5 aromatic rings. The minimum absolute atomic E-state index is 0.0157. The number of aryl methyl sites for hydroxylation is 1. The Kier molecular flexibility index (Phi) is 7.18. The molecular weight excluding hydrogens is 512 g/mol. The Labute approximate surface area is 227 Å². The highest BCUT2D eigenvalue weighted by atomic mass is 32.2. The maximum atomic E-state index is 14.1. The summed E-state index contributed by atoms with van der Waals surface area (Å²) in [5.41, 5.74) is 4.37. The molecule has 0 aliphatic heterocycles. The summed E-state index contributed by atoms with van der Waals surface area (Å²) in [5.74, 6) is -0.652. The number of carbonyl (C=O) groups excluding carboxylic acids is 1. The minimum atomic E-state index is -4.01. The molecule has 2 heterocycles. The average molecular weight is 545 g/mol. The zero-order valence-corrected chi connectivity index (χ0v) is 23.0. The number of fused-ring (bicyclic) bond motifs is 2. The number of nitrogens with one attached hydrogen (secondary N) is 2. The third-order valence-corrected chi connectivity index (χ3v) is 8.69. The number of H-pyrrole nitrogens is 1. The highest BCUT2D eigenvalue weighted by Crippen LogP contribution is 2.32. The average Bonchev–Trinajstić information content (AvgIpc) is 3.48. The lowest BCUT2D eigenvalue weighted by Gasteiger charge is -2.18. The second-order valence-electron chi connectivity index (χ2n) is 9.92. The van der Waals surface area contributed by atoms with Crippen molar-refractivity contribution < 1.29 is 13.2 Å². The molecule has 0 spiro atoms. The number of aromatic nitrogens is 3. The molecule has 0 saturated heterocycles. The van der Waals surface area contributed by atoms with E-state index in [0.717, 1.165) is 27.5 Å². The molecule has 0 aliphatic rings. The normalized spacial score (nSPS) is 13.5. The highest BCUT2D eigenvalue weighted by molar-refractivity contribution is 7.90. The first-order chi connectivity index (χ1) is 18.7. The largest absolute Gasteiger partial charge is 0.361 e. The van der Waals surface area contributed by atoms with Gasteiger partial charge in [0, 0.05) is 35.1 Å². The lowest BCUT2D eigenvalue weighted by Crippen LogP contribution is -2.35. The quantitative estimate of drug-likeness (QED) is 0.258. The van der Waals surface area contributed by atoms with E-state index in [9.17, 15) is 18.0 Å². The van der Waals surface area contributed by atoms with Gasteiger partial charge in [0.25, 0.3) is 10.0 Å². The molecule has 5 rings (SSSR count). The SMILES string of the molecule is CCCC(CC(=O)NS(=O)(=O)c1ccccc1)n1c(=O)n([C@@H](C)c2c[nH]c3cccc(C)c23)c2ccccc21. The van der Waals surface area contributed by atoms with Crippen molar-refractivity contribution in [3.63, 3.8) is 0 Å². The van der Waals surface area contributed by atoms with Crippen LogP contribution in [0.25, 0.3) is 21.9 Å². The van der Waals surface area contributed by atoms with Crippen LogP contribution in [0, 0.1) is 6.92 Å². The van der Waals surface area contributed by atoms with Crippen molar-refractivity contribution in [1.82, 2.24) is 18.8 Å². The zero-order chi connectivity index (χ0) is 27.7. The lowest BCUT2D eigenvalue weighted by atomic mass is 10.0. The predicted molar refractivity (Wildman–Crippen MR) is 153 cm³/mol. The summed E-state index contributed by atoms with van der Waals surface area (Å²) in [7, 11) is -4.01. The molecule has 0 bridgehead atoms. The van der Waals surface area contributed by atoms with Gasteiger partial charge in [0.15, 0.2) is 0 Å². The number of aromatic amines is 1. The first kappa shape index (κ1) is 26.5. The van der Waals surface area contributed by atoms with E-state index in [1.807, 2.05) is 56.4 Å². The maximum absolute atomic E-state index is 14.1. The van der Waals surface area contributed by atoms with Crippen molar-refractivity contribution in [2.24, 2.45) is 0 Å². The van der Waals surface area contributed by atoms with Gasteiger partial charge >= 0.3 is 5.69 Å². The van der Waals surface area contributed by atoms with Crippen LogP contribution in [0.2, 0.25) is 0 Å². The van der Waals surface area contributed by atoms with E-state index in [-0.39, 0.29) is 23.0 Å². The van der Waals surface area contributed by atoms with Gasteiger partial charge in [0.1, 0.15) is 0 Å². The molecule has 39 heavy (non-hydrogen) atoms. The third kappa shape index (κ3) is 4.90. The molecule has 0 aliphatic carbocycles. The van der Waals surface area contributed by atoms with Crippen LogP contribution in [0.5, 0.6) is 0 Å². The monoisotopic (exact) mass is 544 g/mol. The van der Waals surface area contributed by atoms with Gasteiger partial charge in [-0.1, -0.05) is 55.8 Å². The number of para-hydroxylation sites is 2. The minimum Gasteiger partial charge on any atom is -0.361 e. The van der Waals surface area contributed by atoms with E-state index in [1.54, 1.807) is 27.3 Å². The van der Waals surface area contributed by atoms with Crippen molar-refractivity contribution in [3.05, 3.63) is 101 Å². The van der Waals surface area contributed by atoms with Crippen LogP contribution in [0.3, 0.4) is 0 Å². The van der Waals surface area contributed by atoms with Crippen LogP contribution >= 0.6 is 0 Å². The summed E-state index contributed by atoms with van der Waals surface area (Å²) >= 11 is 0. The van der Waals surface area contributed by atoms with E-state index in [0.29, 0.717) is 18.4 Å². The van der Waals surface area contributed by atoms with E-state index in [1.165, 1.54) is 12.1 Å². The summed E-state index contributed by atoms with van der Waals surface area (Å²) in [4.78, 5) is 30.5. The molecule has 8 nitrogen and oxygen atoms in total. The fraction of sp³-hybridized carbons (Fsp3) is 0.267. The van der Waals surface area contributed by atoms with Crippen molar-refractivity contribution in [2.75, 3.05) is 0 Å². The maximum Gasteiger partial charge on any atom is 0.329 e. The molecule has 3 aromatic carbocycles. The van der Waals surface area contributed by atoms with E-state index < -0.39 is 22.0 Å². The second kappa shape index (κ2) is 10.6. The number of benzene rings is 3. The highest BCUT2D eigenvalue weighted by Gasteiger charge is 2.27. The molecule has 1 unspecified atom stereocenters. The summed E-state index contributed by atoms with van der Waals surface area (Å²) < 4.78 is 31.1. The molecule has 202 valence electrons. The number of nitrogens with zero attached hydrogens (tertiary/aromatic N) is 2. The van der Waals surface area contributed by atoms with E-state index in [4.69, 9.17) is 0 Å². The van der Waals surface area contributed by atoms with Crippen LogP contribution in [0.4, 0.5) is 0 Å². The van der Waals surface area contributed by atoms with Crippen molar-refractivity contribution in [3.8, 4) is 0 Å².